The fourth-order valence-corrected chi connectivity index (χ4v) is 3.24. The van der Waals surface area contributed by atoms with Crippen LogP contribution in [0.5, 0.6) is 5.75 Å². The minimum absolute atomic E-state index is 0.193. The molecular formula is C19H18Cl2N2O3. The Balaban J connectivity index is 1.59. The van der Waals surface area contributed by atoms with Gasteiger partial charge in [0.1, 0.15) is 5.75 Å². The molecule has 0 aliphatic heterocycles. The van der Waals surface area contributed by atoms with Gasteiger partial charge in [-0.3, -0.25) is 9.59 Å². The van der Waals surface area contributed by atoms with E-state index >= 15 is 0 Å². The van der Waals surface area contributed by atoms with Gasteiger partial charge >= 0.3 is 0 Å². The van der Waals surface area contributed by atoms with Crippen molar-refractivity contribution in [2.75, 3.05) is 17.2 Å². The van der Waals surface area contributed by atoms with Gasteiger partial charge in [-0.25, -0.2) is 0 Å². The molecule has 3 rings (SSSR count). The Morgan fingerprint density at radius 3 is 2.31 bits per heavy atom. The molecule has 2 atom stereocenters. The van der Waals surface area contributed by atoms with Crippen LogP contribution in [0.3, 0.4) is 0 Å². The van der Waals surface area contributed by atoms with Crippen LogP contribution in [-0.4, -0.2) is 18.4 Å². The van der Waals surface area contributed by atoms with Gasteiger partial charge in [-0.2, -0.15) is 0 Å². The molecule has 1 saturated carbocycles. The Morgan fingerprint density at radius 1 is 1.04 bits per heavy atom. The number of hydrogen-bond donors (Lipinski definition) is 2. The molecule has 7 heteroatoms. The van der Waals surface area contributed by atoms with E-state index in [1.807, 2.05) is 19.1 Å². The fourth-order valence-electron chi connectivity index (χ4n) is 2.71. The molecule has 2 amide bonds. The van der Waals surface area contributed by atoms with Crippen LogP contribution in [0, 0.1) is 11.8 Å². The zero-order chi connectivity index (χ0) is 18.7. The molecule has 2 N–H and O–H groups in total. The van der Waals surface area contributed by atoms with Crippen molar-refractivity contribution in [2.45, 2.75) is 13.3 Å². The lowest BCUT2D eigenvalue weighted by atomic mass is 10.2. The summed E-state index contributed by atoms with van der Waals surface area (Å²) in [5.74, 6) is -0.534. The molecule has 0 aromatic heterocycles. The topological polar surface area (TPSA) is 67.4 Å². The molecule has 0 heterocycles. The quantitative estimate of drug-likeness (QED) is 0.754. The van der Waals surface area contributed by atoms with Crippen molar-refractivity contribution in [1.82, 2.24) is 0 Å². The summed E-state index contributed by atoms with van der Waals surface area (Å²) in [6.07, 6.45) is 0.503. The SMILES string of the molecule is CCOc1ccccc1NC(=O)C1CC1C(=O)Nc1cc(Cl)cc(Cl)c1. The van der Waals surface area contributed by atoms with E-state index in [0.29, 0.717) is 40.2 Å². The third-order valence-electron chi connectivity index (χ3n) is 4.04. The smallest absolute Gasteiger partial charge is 0.228 e. The van der Waals surface area contributed by atoms with Gasteiger partial charge in [-0.1, -0.05) is 35.3 Å². The van der Waals surface area contributed by atoms with Gasteiger partial charge < -0.3 is 15.4 Å². The first-order valence-electron chi connectivity index (χ1n) is 8.27. The van der Waals surface area contributed by atoms with Crippen LogP contribution in [0.15, 0.2) is 42.5 Å². The number of benzene rings is 2. The number of carbonyl (C=O) groups excluding carboxylic acids is 2. The second kappa shape index (κ2) is 7.98. The number of carbonyl (C=O) groups is 2. The fraction of sp³-hybridized carbons (Fsp3) is 0.263. The van der Waals surface area contributed by atoms with E-state index < -0.39 is 0 Å². The summed E-state index contributed by atoms with van der Waals surface area (Å²) in [4.78, 5) is 24.7. The van der Waals surface area contributed by atoms with Crippen molar-refractivity contribution in [3.8, 4) is 5.75 Å². The van der Waals surface area contributed by atoms with Crippen molar-refractivity contribution >= 4 is 46.4 Å². The number of anilines is 2. The van der Waals surface area contributed by atoms with Gasteiger partial charge in [0.15, 0.2) is 0 Å². The Kier molecular flexibility index (Phi) is 5.69. The number of para-hydroxylation sites is 2. The number of amides is 2. The van der Waals surface area contributed by atoms with Crippen molar-refractivity contribution in [3.05, 3.63) is 52.5 Å². The molecule has 2 aromatic carbocycles. The average Bonchev–Trinajstić information content (AvgIpc) is 3.37. The first kappa shape index (κ1) is 18.5. The average molecular weight is 393 g/mol. The van der Waals surface area contributed by atoms with Gasteiger partial charge in [-0.15, -0.1) is 0 Å². The van der Waals surface area contributed by atoms with E-state index in [9.17, 15) is 9.59 Å². The number of nitrogens with one attached hydrogen (secondary N) is 2. The Bertz CT molecular complexity index is 821. The second-order valence-corrected chi connectivity index (χ2v) is 6.89. The van der Waals surface area contributed by atoms with Gasteiger partial charge in [0.2, 0.25) is 11.8 Å². The molecule has 5 nitrogen and oxygen atoms in total. The van der Waals surface area contributed by atoms with Crippen LogP contribution in [0.2, 0.25) is 10.0 Å². The molecule has 2 aromatic rings. The second-order valence-electron chi connectivity index (χ2n) is 6.01. The van der Waals surface area contributed by atoms with E-state index in [0.717, 1.165) is 0 Å². The molecule has 0 spiro atoms. The highest BCUT2D eigenvalue weighted by atomic mass is 35.5. The maximum Gasteiger partial charge on any atom is 0.228 e. The number of hydrogen-bond acceptors (Lipinski definition) is 3. The predicted molar refractivity (Wildman–Crippen MR) is 103 cm³/mol. The Morgan fingerprint density at radius 2 is 1.65 bits per heavy atom. The maximum absolute atomic E-state index is 12.4. The van der Waals surface area contributed by atoms with Crippen molar-refractivity contribution in [3.63, 3.8) is 0 Å². The molecule has 0 radical (unpaired) electrons. The third-order valence-corrected chi connectivity index (χ3v) is 4.48. The normalized spacial score (nSPS) is 18.1. The predicted octanol–water partition coefficient (Wildman–Crippen LogP) is 4.61. The largest absolute Gasteiger partial charge is 0.492 e. The summed E-state index contributed by atoms with van der Waals surface area (Å²) in [6, 6.07) is 12.0. The third kappa shape index (κ3) is 4.48. The lowest BCUT2D eigenvalue weighted by Gasteiger charge is -2.11. The maximum atomic E-state index is 12.4. The number of ether oxygens (including phenoxy) is 1. The highest BCUT2D eigenvalue weighted by molar-refractivity contribution is 6.35. The lowest BCUT2D eigenvalue weighted by Crippen LogP contribution is -2.20. The monoisotopic (exact) mass is 392 g/mol. The number of halogens is 2. The summed E-state index contributed by atoms with van der Waals surface area (Å²) in [5.41, 5.74) is 1.12. The lowest BCUT2D eigenvalue weighted by molar-refractivity contribution is -0.122. The summed E-state index contributed by atoms with van der Waals surface area (Å²) < 4.78 is 5.49. The van der Waals surface area contributed by atoms with Crippen molar-refractivity contribution in [1.29, 1.82) is 0 Å². The minimum Gasteiger partial charge on any atom is -0.492 e. The zero-order valence-corrected chi connectivity index (χ0v) is 15.6. The molecule has 1 aliphatic rings. The highest BCUT2D eigenvalue weighted by Crippen LogP contribution is 2.41. The molecule has 0 bridgehead atoms. The zero-order valence-electron chi connectivity index (χ0n) is 14.1. The minimum atomic E-state index is -0.369. The number of rotatable bonds is 6. The van der Waals surface area contributed by atoms with Crippen LogP contribution in [-0.2, 0) is 9.59 Å². The standard InChI is InChI=1S/C19H18Cl2N2O3/c1-2-26-17-6-4-3-5-16(17)23-19(25)15-10-14(15)18(24)22-13-8-11(20)7-12(21)9-13/h3-9,14-15H,2,10H2,1H3,(H,22,24)(H,23,25). The van der Waals surface area contributed by atoms with Crippen LogP contribution < -0.4 is 15.4 Å². The molecule has 2 unspecified atom stereocenters. The van der Waals surface area contributed by atoms with E-state index in [-0.39, 0.29) is 23.7 Å². The van der Waals surface area contributed by atoms with Gasteiger partial charge in [0, 0.05) is 15.7 Å². The molecule has 0 saturated heterocycles. The van der Waals surface area contributed by atoms with Gasteiger partial charge in [-0.05, 0) is 43.7 Å². The molecule has 26 heavy (non-hydrogen) atoms. The van der Waals surface area contributed by atoms with E-state index in [2.05, 4.69) is 10.6 Å². The van der Waals surface area contributed by atoms with Crippen LogP contribution in [0.25, 0.3) is 0 Å². The Hall–Kier alpha value is -2.24. The van der Waals surface area contributed by atoms with Crippen LogP contribution in [0.1, 0.15) is 13.3 Å². The van der Waals surface area contributed by atoms with Gasteiger partial charge in [0.05, 0.1) is 24.1 Å². The molecule has 136 valence electrons. The van der Waals surface area contributed by atoms with E-state index in [4.69, 9.17) is 27.9 Å². The molecule has 1 fully saturated rings. The van der Waals surface area contributed by atoms with Crippen molar-refractivity contribution < 1.29 is 14.3 Å². The van der Waals surface area contributed by atoms with Crippen molar-refractivity contribution in [2.24, 2.45) is 11.8 Å². The summed E-state index contributed by atoms with van der Waals surface area (Å²) in [6.45, 7) is 2.38. The first-order chi connectivity index (χ1) is 12.5. The highest BCUT2D eigenvalue weighted by Gasteiger charge is 2.48. The summed E-state index contributed by atoms with van der Waals surface area (Å²) in [5, 5.41) is 6.46. The van der Waals surface area contributed by atoms with E-state index in [1.165, 1.54) is 0 Å². The summed E-state index contributed by atoms with van der Waals surface area (Å²) in [7, 11) is 0. The first-order valence-corrected chi connectivity index (χ1v) is 9.03. The summed E-state index contributed by atoms with van der Waals surface area (Å²) >= 11 is 11.9. The molecular weight excluding hydrogens is 375 g/mol. The van der Waals surface area contributed by atoms with E-state index in [1.54, 1.807) is 30.3 Å². The van der Waals surface area contributed by atoms with Crippen LogP contribution >= 0.6 is 23.2 Å². The molecule has 1 aliphatic carbocycles. The Labute approximate surface area is 161 Å². The van der Waals surface area contributed by atoms with Crippen LogP contribution in [0.4, 0.5) is 11.4 Å². The van der Waals surface area contributed by atoms with Gasteiger partial charge in [0.25, 0.3) is 0 Å².